The van der Waals surface area contributed by atoms with E-state index in [1.54, 1.807) is 29.2 Å². The highest BCUT2D eigenvalue weighted by Gasteiger charge is 2.26. The number of nitrogens with zero attached hydrogens (tertiary/aromatic N) is 6. The van der Waals surface area contributed by atoms with Gasteiger partial charge in [-0.15, -0.1) is 0 Å². The second kappa shape index (κ2) is 7.09. The van der Waals surface area contributed by atoms with Crippen LogP contribution in [0.2, 0.25) is 0 Å². The summed E-state index contributed by atoms with van der Waals surface area (Å²) in [6.07, 6.45) is 5.66. The number of nitrogens with one attached hydrogen (secondary N) is 1. The molecule has 8 nitrogen and oxygen atoms in total. The number of amides is 2. The minimum atomic E-state index is -0.165. The molecule has 4 rings (SSSR count). The Balaban J connectivity index is 1.66. The van der Waals surface area contributed by atoms with Gasteiger partial charge in [-0.05, 0) is 38.1 Å². The van der Waals surface area contributed by atoms with Gasteiger partial charge in [0.2, 0.25) is 5.95 Å². The van der Waals surface area contributed by atoms with Crippen molar-refractivity contribution in [3.63, 3.8) is 0 Å². The van der Waals surface area contributed by atoms with Crippen molar-refractivity contribution in [2.45, 2.75) is 12.8 Å². The molecule has 0 radical (unpaired) electrons. The molecule has 26 heavy (non-hydrogen) atoms. The van der Waals surface area contributed by atoms with Gasteiger partial charge in [0, 0.05) is 18.9 Å². The number of hydrogen-bond donors (Lipinski definition) is 1. The Morgan fingerprint density at radius 3 is 2.73 bits per heavy atom. The molecule has 1 saturated heterocycles. The zero-order valence-electron chi connectivity index (χ0n) is 14.7. The first-order valence-electron chi connectivity index (χ1n) is 8.71. The quantitative estimate of drug-likeness (QED) is 0.781. The van der Waals surface area contributed by atoms with Crippen molar-refractivity contribution >= 4 is 28.7 Å². The number of anilines is 2. The number of hydrogen-bond acceptors (Lipinski definition) is 5. The van der Waals surface area contributed by atoms with E-state index in [4.69, 9.17) is 0 Å². The zero-order chi connectivity index (χ0) is 17.9. The summed E-state index contributed by atoms with van der Waals surface area (Å²) in [6, 6.07) is 9.41. The average molecular weight is 351 g/mol. The van der Waals surface area contributed by atoms with Gasteiger partial charge in [-0.3, -0.25) is 14.9 Å². The van der Waals surface area contributed by atoms with E-state index in [0.717, 1.165) is 37.0 Å². The second-order valence-corrected chi connectivity index (χ2v) is 6.42. The fraction of sp³-hybridized carbons (Fsp3) is 0.333. The molecule has 3 heterocycles. The number of likely N-dealkylation sites (tertiary alicyclic amines) is 1. The molecule has 0 bridgehead atoms. The van der Waals surface area contributed by atoms with Crippen molar-refractivity contribution in [2.75, 3.05) is 36.6 Å². The summed E-state index contributed by atoms with van der Waals surface area (Å²) in [7, 11) is 1.77. The van der Waals surface area contributed by atoms with Crippen molar-refractivity contribution in [1.82, 2.24) is 25.1 Å². The topological polar surface area (TPSA) is 81.3 Å². The van der Waals surface area contributed by atoms with E-state index in [-0.39, 0.29) is 6.03 Å². The molecule has 1 N–H and O–H groups in total. The van der Waals surface area contributed by atoms with Crippen molar-refractivity contribution in [2.24, 2.45) is 0 Å². The third-order valence-corrected chi connectivity index (χ3v) is 4.62. The molecule has 2 aromatic heterocycles. The largest absolute Gasteiger partial charge is 0.332 e. The summed E-state index contributed by atoms with van der Waals surface area (Å²) in [5, 5.41) is 7.64. The van der Waals surface area contributed by atoms with Gasteiger partial charge in [-0.2, -0.15) is 10.1 Å². The summed E-state index contributed by atoms with van der Waals surface area (Å²) in [6.45, 7) is 2.42. The fourth-order valence-corrected chi connectivity index (χ4v) is 3.14. The van der Waals surface area contributed by atoms with Crippen LogP contribution in [0.3, 0.4) is 0 Å². The van der Waals surface area contributed by atoms with Crippen LogP contribution in [0, 0.1) is 0 Å². The molecule has 134 valence electrons. The molecule has 0 aliphatic carbocycles. The third-order valence-electron chi connectivity index (χ3n) is 4.62. The van der Waals surface area contributed by atoms with E-state index >= 15 is 0 Å². The number of aromatic nitrogens is 4. The third kappa shape index (κ3) is 3.23. The van der Waals surface area contributed by atoms with Gasteiger partial charge in [-0.25, -0.2) is 14.7 Å². The lowest BCUT2D eigenvalue weighted by atomic mass is 10.3. The normalized spacial score (nSPS) is 14.7. The number of benzene rings is 1. The zero-order valence-corrected chi connectivity index (χ0v) is 14.7. The lowest BCUT2D eigenvalue weighted by Gasteiger charge is -2.30. The van der Waals surface area contributed by atoms with E-state index in [0.29, 0.717) is 18.3 Å². The molecule has 2 amide bonds. The molecule has 1 aromatic carbocycles. The van der Waals surface area contributed by atoms with Gasteiger partial charge in [0.1, 0.15) is 0 Å². The van der Waals surface area contributed by atoms with E-state index in [2.05, 4.69) is 25.1 Å². The summed E-state index contributed by atoms with van der Waals surface area (Å²) in [4.78, 5) is 27.6. The Morgan fingerprint density at radius 2 is 1.96 bits per heavy atom. The summed E-state index contributed by atoms with van der Waals surface area (Å²) in [5.74, 6) is 0.376. The molecule has 0 atom stereocenters. The van der Waals surface area contributed by atoms with Crippen LogP contribution in [0.5, 0.6) is 0 Å². The number of carbonyl (C=O) groups excluding carboxylic acids is 1. The molecule has 8 heteroatoms. The Morgan fingerprint density at radius 1 is 1.19 bits per heavy atom. The van der Waals surface area contributed by atoms with Crippen LogP contribution in [-0.2, 0) is 0 Å². The predicted molar refractivity (Wildman–Crippen MR) is 100 cm³/mol. The Labute approximate surface area is 151 Å². The number of urea groups is 1. The maximum atomic E-state index is 13.2. The van der Waals surface area contributed by atoms with Crippen LogP contribution in [0.1, 0.15) is 12.8 Å². The number of fused-ring (bicyclic) bond motifs is 1. The maximum Gasteiger partial charge on any atom is 0.332 e. The molecule has 1 aliphatic rings. The Hall–Kier alpha value is -3.00. The first-order valence-corrected chi connectivity index (χ1v) is 8.71. The fourth-order valence-electron chi connectivity index (χ4n) is 3.14. The number of H-pyrrole nitrogens is 1. The van der Waals surface area contributed by atoms with Crippen LogP contribution >= 0.6 is 0 Å². The first-order chi connectivity index (χ1) is 12.7. The molecule has 0 spiro atoms. The van der Waals surface area contributed by atoms with Crippen molar-refractivity contribution in [3.8, 4) is 0 Å². The standard InChI is InChI=1S/C18H21N7O/c1-23(15-7-3-2-4-8-15)18(26)25(13-24-9-5-6-10-24)17-19-11-14-12-20-22-16(14)21-17/h2-4,7-8,11-12H,5-6,9-10,13H2,1H3,(H,19,20,21,22). The minimum Gasteiger partial charge on any atom is -0.297 e. The molecule has 3 aromatic rings. The predicted octanol–water partition coefficient (Wildman–Crippen LogP) is 2.47. The molecule has 0 saturated carbocycles. The lowest BCUT2D eigenvalue weighted by molar-refractivity contribution is 0.245. The average Bonchev–Trinajstić information content (AvgIpc) is 3.36. The molecule has 1 fully saturated rings. The van der Waals surface area contributed by atoms with Gasteiger partial charge in [0.05, 0.1) is 18.3 Å². The molecule has 1 aliphatic heterocycles. The summed E-state index contributed by atoms with van der Waals surface area (Å²) < 4.78 is 0. The molecular formula is C18H21N7O. The first kappa shape index (κ1) is 16.5. The highest BCUT2D eigenvalue weighted by Crippen LogP contribution is 2.20. The van der Waals surface area contributed by atoms with E-state index in [9.17, 15) is 4.79 Å². The second-order valence-electron chi connectivity index (χ2n) is 6.42. The Kier molecular flexibility index (Phi) is 4.49. The summed E-state index contributed by atoms with van der Waals surface area (Å²) >= 11 is 0. The number of para-hydroxylation sites is 1. The van der Waals surface area contributed by atoms with E-state index in [1.165, 1.54) is 0 Å². The highest BCUT2D eigenvalue weighted by atomic mass is 16.2. The number of aromatic amines is 1. The lowest BCUT2D eigenvalue weighted by Crippen LogP contribution is -2.47. The minimum absolute atomic E-state index is 0.165. The van der Waals surface area contributed by atoms with Crippen LogP contribution in [-0.4, -0.2) is 57.9 Å². The van der Waals surface area contributed by atoms with Crippen molar-refractivity contribution in [1.29, 1.82) is 0 Å². The van der Waals surface area contributed by atoms with E-state index in [1.807, 2.05) is 30.3 Å². The van der Waals surface area contributed by atoms with Crippen molar-refractivity contribution in [3.05, 3.63) is 42.7 Å². The number of carbonyl (C=O) groups is 1. The van der Waals surface area contributed by atoms with Crippen LogP contribution < -0.4 is 9.80 Å². The monoisotopic (exact) mass is 351 g/mol. The molecular weight excluding hydrogens is 330 g/mol. The van der Waals surface area contributed by atoms with E-state index < -0.39 is 0 Å². The molecule has 0 unspecified atom stereocenters. The maximum absolute atomic E-state index is 13.2. The van der Waals surface area contributed by atoms with Crippen LogP contribution in [0.15, 0.2) is 42.7 Å². The van der Waals surface area contributed by atoms with Gasteiger partial charge in [0.15, 0.2) is 5.65 Å². The highest BCUT2D eigenvalue weighted by molar-refractivity contribution is 6.02. The SMILES string of the molecule is CN(C(=O)N(CN1CCCC1)c1ncc2cn[nH]c2n1)c1ccccc1. The van der Waals surface area contributed by atoms with Gasteiger partial charge in [-0.1, -0.05) is 18.2 Å². The van der Waals surface area contributed by atoms with Crippen LogP contribution in [0.4, 0.5) is 16.4 Å². The van der Waals surface area contributed by atoms with Crippen LogP contribution in [0.25, 0.3) is 11.0 Å². The summed E-state index contributed by atoms with van der Waals surface area (Å²) in [5.41, 5.74) is 1.45. The van der Waals surface area contributed by atoms with Gasteiger partial charge >= 0.3 is 6.03 Å². The number of rotatable bonds is 4. The smallest absolute Gasteiger partial charge is 0.297 e. The Bertz CT molecular complexity index is 889. The van der Waals surface area contributed by atoms with Gasteiger partial charge < -0.3 is 0 Å². The van der Waals surface area contributed by atoms with Gasteiger partial charge in [0.25, 0.3) is 0 Å². The van der Waals surface area contributed by atoms with Crippen molar-refractivity contribution < 1.29 is 4.79 Å².